The van der Waals surface area contributed by atoms with Gasteiger partial charge in [0.2, 0.25) is 16.8 Å². The number of carbonyl (C=O) groups excluding carboxylic acids is 2. The van der Waals surface area contributed by atoms with Crippen LogP contribution in [0, 0.1) is 6.92 Å². The topological polar surface area (TPSA) is 126 Å². The summed E-state index contributed by atoms with van der Waals surface area (Å²) in [7, 11) is -1.52. The number of thiophene rings is 1. The number of thiol groups is 1. The molecule has 4 rings (SSSR count). The number of hydrogen-bond donors (Lipinski definition) is 4. The van der Waals surface area contributed by atoms with Crippen LogP contribution in [0.1, 0.15) is 28.4 Å². The molecule has 0 saturated heterocycles. The Kier molecular flexibility index (Phi) is 9.69. The van der Waals surface area contributed by atoms with Crippen molar-refractivity contribution in [3.63, 3.8) is 0 Å². The van der Waals surface area contributed by atoms with Gasteiger partial charge in [0.05, 0.1) is 23.7 Å². The Morgan fingerprint density at radius 3 is 2.31 bits per heavy atom. The third kappa shape index (κ3) is 7.88. The lowest BCUT2D eigenvalue weighted by Gasteiger charge is -2.23. The summed E-state index contributed by atoms with van der Waals surface area (Å²) >= 11 is 3.11. The molecule has 4 aromatic rings. The van der Waals surface area contributed by atoms with Gasteiger partial charge in [-0.15, -0.1) is 22.7 Å². The number of aryl methyl sites for hydroxylation is 1. The molecule has 0 aliphatic carbocycles. The zero-order chi connectivity index (χ0) is 27.8. The first kappa shape index (κ1) is 28.3. The number of carbonyl (C=O) groups is 2. The van der Waals surface area contributed by atoms with Crippen molar-refractivity contribution in [3.05, 3.63) is 93.8 Å². The molecule has 3 N–H and O–H groups in total. The van der Waals surface area contributed by atoms with Gasteiger partial charge in [0, 0.05) is 17.5 Å². The van der Waals surface area contributed by atoms with E-state index < -0.39 is 29.1 Å². The summed E-state index contributed by atoms with van der Waals surface area (Å²) in [6.45, 7) is 2.03. The number of nitrogens with one attached hydrogen (secondary N) is 3. The lowest BCUT2D eigenvalue weighted by Crippen LogP contribution is -2.49. The number of ether oxygens (including phenoxy) is 1. The number of aromatic nitrogens is 1. The van der Waals surface area contributed by atoms with Crippen molar-refractivity contribution in [1.29, 1.82) is 0 Å². The number of benzene rings is 2. The van der Waals surface area contributed by atoms with E-state index in [2.05, 4.69) is 15.4 Å². The van der Waals surface area contributed by atoms with Crippen LogP contribution >= 0.6 is 22.7 Å². The maximum Gasteiger partial charge on any atom is 0.407 e. The van der Waals surface area contributed by atoms with Crippen molar-refractivity contribution in [2.24, 2.45) is 0 Å². The highest BCUT2D eigenvalue weighted by Gasteiger charge is 2.26. The Labute approximate surface area is 236 Å². The molecule has 204 valence electrons. The minimum atomic E-state index is -2.77. The van der Waals surface area contributed by atoms with E-state index >= 15 is 0 Å². The van der Waals surface area contributed by atoms with Crippen LogP contribution < -0.4 is 15.4 Å². The third-order valence-corrected chi connectivity index (χ3v) is 8.41. The zero-order valence-electron chi connectivity index (χ0n) is 21.2. The van der Waals surface area contributed by atoms with Crippen LogP contribution in [0.3, 0.4) is 0 Å². The van der Waals surface area contributed by atoms with Gasteiger partial charge in [-0.2, -0.15) is 0 Å². The van der Waals surface area contributed by atoms with E-state index in [9.17, 15) is 18.0 Å². The number of methoxy groups -OCH3 is 1. The molecule has 0 aliphatic rings. The number of hydrogen-bond acceptors (Lipinski definition) is 8. The fourth-order valence-corrected chi connectivity index (χ4v) is 6.29. The maximum atomic E-state index is 13.6. The molecule has 0 spiro atoms. The van der Waals surface area contributed by atoms with Gasteiger partial charge in [-0.25, -0.2) is 18.2 Å². The van der Waals surface area contributed by atoms with Crippen LogP contribution in [0.2, 0.25) is 0 Å². The SMILES string of the molecule is COC(=O)N[C@@H](Cc1ccccc1)C(=O)N[C@@H](Cc1ccc(N[SH](=O)=O)cc1)c1csc(-c2sccc2C)n1. The number of rotatable bonds is 11. The molecule has 0 saturated carbocycles. The van der Waals surface area contributed by atoms with Gasteiger partial charge in [-0.3, -0.25) is 9.52 Å². The van der Waals surface area contributed by atoms with E-state index in [1.165, 1.54) is 18.4 Å². The van der Waals surface area contributed by atoms with E-state index in [0.717, 1.165) is 26.6 Å². The van der Waals surface area contributed by atoms with Gasteiger partial charge in [0.15, 0.2) is 0 Å². The lowest BCUT2D eigenvalue weighted by molar-refractivity contribution is -0.123. The summed E-state index contributed by atoms with van der Waals surface area (Å²) in [5.74, 6) is -0.377. The molecule has 2 aromatic heterocycles. The third-order valence-electron chi connectivity index (χ3n) is 5.94. The standard InChI is InChI=1S/C27H28N4O5S3/c1-17-12-13-37-24(17)26-29-23(16-38-26)21(14-19-8-10-20(11-9-19)31-39(34)35)28-25(32)22(30-27(33)36-2)15-18-6-4-3-5-7-18/h3-13,16,21-22,39H,14-15H2,1-2H3,(H,28,32)(H,30,33)(H,31,34,35)/t21-,22-/m0/s1. The fourth-order valence-electron chi connectivity index (χ4n) is 3.96. The van der Waals surface area contributed by atoms with Gasteiger partial charge in [0.1, 0.15) is 11.0 Å². The van der Waals surface area contributed by atoms with Gasteiger partial charge in [0.25, 0.3) is 0 Å². The fraction of sp³-hybridized carbons (Fsp3) is 0.222. The molecule has 0 aliphatic heterocycles. The molecule has 2 amide bonds. The van der Waals surface area contributed by atoms with E-state index in [1.807, 2.05) is 54.1 Å². The van der Waals surface area contributed by atoms with Crippen LogP contribution in [-0.2, 0) is 33.3 Å². The minimum absolute atomic E-state index is 0.277. The molecule has 2 atom stereocenters. The van der Waals surface area contributed by atoms with Crippen LogP contribution in [0.4, 0.5) is 10.5 Å². The molecule has 12 heteroatoms. The van der Waals surface area contributed by atoms with Crippen LogP contribution in [-0.4, -0.2) is 38.6 Å². The Balaban J connectivity index is 1.60. The first-order valence-corrected chi connectivity index (χ1v) is 14.9. The Morgan fingerprint density at radius 2 is 1.67 bits per heavy atom. The van der Waals surface area contributed by atoms with Gasteiger partial charge >= 0.3 is 6.09 Å². The van der Waals surface area contributed by atoms with Crippen LogP contribution in [0.5, 0.6) is 0 Å². The molecule has 9 nitrogen and oxygen atoms in total. The summed E-state index contributed by atoms with van der Waals surface area (Å²) in [5, 5.41) is 10.5. The predicted octanol–water partition coefficient (Wildman–Crippen LogP) is 4.49. The molecule has 2 aromatic carbocycles. The number of thiazole rings is 1. The second-order valence-corrected chi connectivity index (χ2v) is 11.2. The summed E-state index contributed by atoms with van der Waals surface area (Å²) < 4.78 is 29.1. The van der Waals surface area contributed by atoms with E-state index in [1.54, 1.807) is 35.6 Å². The average molecular weight is 585 g/mol. The monoisotopic (exact) mass is 584 g/mol. The van der Waals surface area contributed by atoms with Crippen molar-refractivity contribution in [2.75, 3.05) is 11.8 Å². The summed E-state index contributed by atoms with van der Waals surface area (Å²) in [4.78, 5) is 31.6. The van der Waals surface area contributed by atoms with Gasteiger partial charge in [-0.05, 0) is 53.6 Å². The molecular formula is C27H28N4O5S3. The quantitative estimate of drug-likeness (QED) is 0.193. The first-order chi connectivity index (χ1) is 18.8. The van der Waals surface area contributed by atoms with Crippen molar-refractivity contribution < 1.29 is 22.7 Å². The minimum Gasteiger partial charge on any atom is -0.453 e. The van der Waals surface area contributed by atoms with Crippen LogP contribution in [0.25, 0.3) is 9.88 Å². The second kappa shape index (κ2) is 13.4. The largest absolute Gasteiger partial charge is 0.453 e. The Bertz CT molecular complexity index is 1470. The molecule has 39 heavy (non-hydrogen) atoms. The molecule has 0 fully saturated rings. The Hall–Kier alpha value is -3.74. The number of amides is 2. The van der Waals surface area contributed by atoms with E-state index in [0.29, 0.717) is 17.8 Å². The smallest absolute Gasteiger partial charge is 0.407 e. The van der Waals surface area contributed by atoms with Crippen LogP contribution in [0.15, 0.2) is 71.4 Å². The predicted molar refractivity (Wildman–Crippen MR) is 155 cm³/mol. The number of anilines is 1. The van der Waals surface area contributed by atoms with Gasteiger partial charge < -0.3 is 15.4 Å². The van der Waals surface area contributed by atoms with Crippen molar-refractivity contribution in [2.45, 2.75) is 31.8 Å². The van der Waals surface area contributed by atoms with Crippen molar-refractivity contribution >= 4 is 51.3 Å². The summed E-state index contributed by atoms with van der Waals surface area (Å²) in [5.41, 5.74) is 4.03. The van der Waals surface area contributed by atoms with Crippen molar-refractivity contribution in [1.82, 2.24) is 15.6 Å². The molecular weight excluding hydrogens is 557 g/mol. The highest BCUT2D eigenvalue weighted by atomic mass is 32.2. The second-order valence-electron chi connectivity index (χ2n) is 8.72. The lowest BCUT2D eigenvalue weighted by atomic mass is 10.0. The van der Waals surface area contributed by atoms with Gasteiger partial charge in [-0.1, -0.05) is 42.5 Å². The van der Waals surface area contributed by atoms with E-state index in [4.69, 9.17) is 9.72 Å². The Morgan fingerprint density at radius 1 is 0.949 bits per heavy atom. The summed E-state index contributed by atoms with van der Waals surface area (Å²) in [6.07, 6.45) is -0.0244. The number of alkyl carbamates (subject to hydrolysis) is 1. The summed E-state index contributed by atoms with van der Waals surface area (Å²) in [6, 6.07) is 17.0. The maximum absolute atomic E-state index is 13.6. The molecule has 0 radical (unpaired) electrons. The first-order valence-electron chi connectivity index (χ1n) is 12.0. The molecule has 2 heterocycles. The zero-order valence-corrected chi connectivity index (χ0v) is 23.8. The average Bonchev–Trinajstić information content (AvgIpc) is 3.58. The van der Waals surface area contributed by atoms with Crippen molar-refractivity contribution in [3.8, 4) is 9.88 Å². The highest BCUT2D eigenvalue weighted by Crippen LogP contribution is 2.33. The molecule has 0 unspecified atom stereocenters. The highest BCUT2D eigenvalue weighted by molar-refractivity contribution is 7.73. The van der Waals surface area contributed by atoms with E-state index in [-0.39, 0.29) is 12.3 Å². The number of nitrogens with zero attached hydrogens (tertiary/aromatic N) is 1. The molecule has 0 bridgehead atoms. The normalized spacial score (nSPS) is 12.5.